The highest BCUT2D eigenvalue weighted by Gasteiger charge is 2.37. The molecule has 1 N–H and O–H groups in total. The summed E-state index contributed by atoms with van der Waals surface area (Å²) >= 11 is 0. The zero-order valence-corrected chi connectivity index (χ0v) is 57.8. The summed E-state index contributed by atoms with van der Waals surface area (Å²) < 4.78 is 121. The molecule has 0 saturated carbocycles. The molecule has 4 fully saturated rings. The van der Waals surface area contributed by atoms with Gasteiger partial charge in [0.15, 0.2) is 0 Å². The van der Waals surface area contributed by atoms with Gasteiger partial charge in [0.1, 0.15) is 41.2 Å². The summed E-state index contributed by atoms with van der Waals surface area (Å²) in [6.07, 6.45) is 3.84. The number of alkyl halides is 6. The Balaban J connectivity index is 0.000000154. The largest absolute Gasteiger partial charge is 0.489 e. The minimum atomic E-state index is -2.73. The monoisotopic (exact) mass is 1390 g/mol. The van der Waals surface area contributed by atoms with Gasteiger partial charge in [-0.1, -0.05) is 0 Å². The van der Waals surface area contributed by atoms with Crippen LogP contribution in [0.15, 0.2) is 110 Å². The average molecular weight is 1400 g/mol. The van der Waals surface area contributed by atoms with Gasteiger partial charge in [-0.2, -0.15) is 0 Å². The minimum Gasteiger partial charge on any atom is -0.489 e. The molecule has 10 heterocycles. The second kappa shape index (κ2) is 31.2. The number of fused-ring (bicyclic) bond motifs is 3. The Morgan fingerprint density at radius 3 is 1.24 bits per heavy atom. The Morgan fingerprint density at radius 2 is 0.881 bits per heavy atom. The number of aromatic nitrogens is 6. The fourth-order valence-corrected chi connectivity index (χ4v) is 13.3. The normalized spacial score (nSPS) is 17.5. The molecule has 4 atom stereocenters. The van der Waals surface area contributed by atoms with Crippen LogP contribution in [0.3, 0.4) is 0 Å². The van der Waals surface area contributed by atoms with E-state index in [2.05, 4.69) is 35.2 Å². The zero-order valence-electron chi connectivity index (χ0n) is 57.8. The summed E-state index contributed by atoms with van der Waals surface area (Å²) in [6.45, 7) is 17.7. The standard InChI is InChI=1S/C28H30F2N4O4.C26H29F2N3O4.C21H21F2N3O2/c1-16-24(38-20-8-11-34(15-20)28(36)18-7-10-33(14-18)17(2)35)5-4-23-25(16)21(6-9-31-23)19-12-22(26(29)30)27(37-3)32-13-19;1-15-21(34-17-9-11-31(14-17)25(32)35-26(2,3)4)7-6-20-22(15)18(8-10-29-20)16-12-19(23(27)28)24(33-5)30-13-16;1-12-18(28-14-5-7-24-11-14)4-3-17-19(12)15(6-8-25-17)13-9-16(20(22)23)21(27-2)26-10-13/h4-6,9,12-13,18,20,26H,7-8,10-11,14-15H2,1-3H3;6-8,10,12-13,17,23H,9,11,14H2,1-5H3;3-4,6,8-10,14,20,24H,5,7,11H2,1-2H3/t18-,20+;17-;14-/m100/s1. The minimum absolute atomic E-state index is 0.000536. The number of methoxy groups -OCH3 is 3. The maximum absolute atomic E-state index is 13.6. The van der Waals surface area contributed by atoms with Crippen molar-refractivity contribution in [3.63, 3.8) is 0 Å². The molecule has 0 unspecified atom stereocenters. The molecular weight excluding hydrogens is 1310 g/mol. The lowest BCUT2D eigenvalue weighted by Crippen LogP contribution is -2.37. The first-order valence-corrected chi connectivity index (χ1v) is 33.3. The molecule has 101 heavy (non-hydrogen) atoms. The summed E-state index contributed by atoms with van der Waals surface area (Å²) in [5.41, 5.74) is 7.33. The Bertz CT molecular complexity index is 4520. The lowest BCUT2D eigenvalue weighted by molar-refractivity contribution is -0.134. The SMILES string of the molecule is COc1ncc(-c2ccnc3ccc(O[C@H]4CCN(C(=O)OC(C)(C)C)C4)c(C)c23)cc1C(F)F.COc1ncc(-c2ccnc3ccc(O[C@H]4CCN(C(=O)[C@@H]5CCN(C(C)=O)C5)C4)c(C)c23)cc1C(F)F.COc1ncc(-c2ccnc3ccc(O[C@H]4CCNC4)c(C)c23)cc1C(F)F. The molecular formula is C75H80F6N10O10. The number of halogens is 6. The molecule has 26 heteroatoms. The molecule has 4 aliphatic rings. The van der Waals surface area contributed by atoms with Crippen molar-refractivity contribution in [2.75, 3.05) is 73.7 Å². The molecule has 0 radical (unpaired) electrons. The van der Waals surface area contributed by atoms with Crippen molar-refractivity contribution in [2.24, 2.45) is 5.92 Å². The first-order chi connectivity index (χ1) is 48.4. The number of amides is 3. The number of nitrogens with one attached hydrogen (secondary N) is 1. The average Bonchev–Trinajstić information content (AvgIpc) is 1.77. The number of aryl methyl sites for hydroxylation is 3. The van der Waals surface area contributed by atoms with E-state index >= 15 is 0 Å². The van der Waals surface area contributed by atoms with Gasteiger partial charge in [-0.05, 0) is 150 Å². The van der Waals surface area contributed by atoms with Gasteiger partial charge in [-0.15, -0.1) is 0 Å². The van der Waals surface area contributed by atoms with Gasteiger partial charge < -0.3 is 53.2 Å². The van der Waals surface area contributed by atoms with Crippen LogP contribution < -0.4 is 33.7 Å². The summed E-state index contributed by atoms with van der Waals surface area (Å²) in [5, 5.41) is 5.74. The molecule has 13 rings (SSSR count). The Hall–Kier alpha value is -10.1. The van der Waals surface area contributed by atoms with Crippen molar-refractivity contribution in [3.05, 3.63) is 143 Å². The predicted octanol–water partition coefficient (Wildman–Crippen LogP) is 14.6. The van der Waals surface area contributed by atoms with Gasteiger partial charge in [0.2, 0.25) is 29.5 Å². The topological polar surface area (TPSA) is 215 Å². The van der Waals surface area contributed by atoms with E-state index in [9.17, 15) is 40.7 Å². The van der Waals surface area contributed by atoms with E-state index in [1.807, 2.05) is 88.9 Å². The lowest BCUT2D eigenvalue weighted by Gasteiger charge is -2.24. The number of ether oxygens (including phenoxy) is 7. The molecule has 20 nitrogen and oxygen atoms in total. The van der Waals surface area contributed by atoms with E-state index in [0.717, 1.165) is 80.3 Å². The molecule has 9 aromatic rings. The molecule has 4 aliphatic heterocycles. The van der Waals surface area contributed by atoms with E-state index in [-0.39, 0.29) is 76.5 Å². The fourth-order valence-electron chi connectivity index (χ4n) is 13.3. The van der Waals surface area contributed by atoms with Gasteiger partial charge in [0, 0.05) is 139 Å². The van der Waals surface area contributed by atoms with E-state index in [1.54, 1.807) is 46.7 Å². The van der Waals surface area contributed by atoms with Crippen LogP contribution in [0.5, 0.6) is 34.9 Å². The number of likely N-dealkylation sites (tertiary alicyclic amines) is 3. The Kier molecular flexibility index (Phi) is 22.3. The Morgan fingerprint density at radius 1 is 0.495 bits per heavy atom. The van der Waals surface area contributed by atoms with Crippen LogP contribution in [0, 0.1) is 26.7 Å². The van der Waals surface area contributed by atoms with Crippen LogP contribution in [-0.2, 0) is 14.3 Å². The van der Waals surface area contributed by atoms with Gasteiger partial charge >= 0.3 is 6.09 Å². The number of hydrogen-bond donors (Lipinski definition) is 1. The predicted molar refractivity (Wildman–Crippen MR) is 368 cm³/mol. The van der Waals surface area contributed by atoms with Crippen molar-refractivity contribution in [3.8, 4) is 68.3 Å². The van der Waals surface area contributed by atoms with Gasteiger partial charge in [-0.3, -0.25) is 24.5 Å². The number of rotatable bonds is 16. The molecule has 4 saturated heterocycles. The zero-order chi connectivity index (χ0) is 72.0. The van der Waals surface area contributed by atoms with Crippen LogP contribution in [0.1, 0.15) is 106 Å². The summed E-state index contributed by atoms with van der Waals surface area (Å²) in [4.78, 5) is 67.9. The van der Waals surface area contributed by atoms with E-state index in [0.29, 0.717) is 97.8 Å². The number of carbonyl (C=O) groups excluding carboxylic acids is 3. The molecule has 6 aromatic heterocycles. The van der Waals surface area contributed by atoms with E-state index in [4.69, 9.17) is 33.2 Å². The van der Waals surface area contributed by atoms with E-state index in [1.165, 1.54) is 58.8 Å². The van der Waals surface area contributed by atoms with Gasteiger partial charge in [0.05, 0.1) is 73.6 Å². The number of nitrogens with zero attached hydrogens (tertiary/aromatic N) is 9. The summed E-state index contributed by atoms with van der Waals surface area (Å²) in [6, 6.07) is 20.8. The molecule has 3 amide bonds. The van der Waals surface area contributed by atoms with Crippen LogP contribution >= 0.6 is 0 Å². The second-order valence-corrected chi connectivity index (χ2v) is 26.1. The van der Waals surface area contributed by atoms with Crippen molar-refractivity contribution >= 4 is 50.6 Å². The summed E-state index contributed by atoms with van der Waals surface area (Å²) in [7, 11) is 3.97. The number of pyridine rings is 6. The van der Waals surface area contributed by atoms with Crippen molar-refractivity contribution in [1.29, 1.82) is 0 Å². The third kappa shape index (κ3) is 16.2. The van der Waals surface area contributed by atoms with Crippen molar-refractivity contribution in [2.45, 2.75) is 117 Å². The number of hydrogen-bond acceptors (Lipinski definition) is 17. The highest BCUT2D eigenvalue weighted by atomic mass is 19.3. The third-order valence-corrected chi connectivity index (χ3v) is 18.3. The highest BCUT2D eigenvalue weighted by Crippen LogP contribution is 2.42. The van der Waals surface area contributed by atoms with Gasteiger partial charge in [-0.25, -0.2) is 46.1 Å². The van der Waals surface area contributed by atoms with Crippen molar-refractivity contribution in [1.82, 2.24) is 49.9 Å². The van der Waals surface area contributed by atoms with Crippen LogP contribution in [-0.4, -0.2) is 160 Å². The fraction of sp³-hybridized carbons (Fsp3) is 0.400. The maximum atomic E-state index is 13.6. The highest BCUT2D eigenvalue weighted by molar-refractivity contribution is 6.00. The van der Waals surface area contributed by atoms with Crippen LogP contribution in [0.4, 0.5) is 31.1 Å². The van der Waals surface area contributed by atoms with Crippen LogP contribution in [0.25, 0.3) is 66.1 Å². The van der Waals surface area contributed by atoms with E-state index < -0.39 is 24.9 Å². The smallest absolute Gasteiger partial charge is 0.410 e. The second-order valence-electron chi connectivity index (χ2n) is 26.1. The lowest BCUT2D eigenvalue weighted by atomic mass is 9.97. The molecule has 0 aliphatic carbocycles. The van der Waals surface area contributed by atoms with Gasteiger partial charge in [0.25, 0.3) is 19.3 Å². The van der Waals surface area contributed by atoms with Crippen molar-refractivity contribution < 1.29 is 73.9 Å². The Labute approximate surface area is 580 Å². The summed E-state index contributed by atoms with van der Waals surface area (Å²) in [5.74, 6) is 1.74. The number of carbonyl (C=O) groups is 3. The number of benzene rings is 3. The molecule has 0 spiro atoms. The maximum Gasteiger partial charge on any atom is 0.410 e. The first-order valence-electron chi connectivity index (χ1n) is 33.3. The molecule has 532 valence electrons. The quantitative estimate of drug-likeness (QED) is 0.0890. The molecule has 0 bridgehead atoms. The first kappa shape index (κ1) is 72.2. The molecule has 3 aromatic carbocycles. The van der Waals surface area contributed by atoms with Crippen LogP contribution in [0.2, 0.25) is 0 Å². The third-order valence-electron chi connectivity index (χ3n) is 18.3.